The number of fused-ring (bicyclic) bond motifs is 4. The minimum atomic E-state index is -0.807. The standard InChI is InChI=1S/C33H34F2N8O4S/c1-17(44)41-7-9-42(10-8-41)18-5-6-43(14-18)31-38-12-20-21-15-46-16-22(21)24(26(35)27(20)39-31)28-25-19(11-36)30(40-32(45)47-33(2,3)4)48-29(25)23(34)13-37-28/h12-13,18H,5-10,14-16H2,1-4H3,(H,40,45)/t18-/m1/s1. The number of hydrogen-bond donors (Lipinski definition) is 1. The number of nitriles is 1. The lowest BCUT2D eigenvalue weighted by Gasteiger charge is -2.37. The van der Waals surface area contributed by atoms with Gasteiger partial charge in [0.2, 0.25) is 11.9 Å². The molecule has 2 saturated heterocycles. The average Bonchev–Trinajstić information content (AvgIpc) is 3.80. The Balaban J connectivity index is 1.27. The van der Waals surface area contributed by atoms with Crippen molar-refractivity contribution in [2.75, 3.05) is 49.5 Å². The quantitative estimate of drug-likeness (QED) is 0.308. The summed E-state index contributed by atoms with van der Waals surface area (Å²) in [6, 6.07) is 2.32. The summed E-state index contributed by atoms with van der Waals surface area (Å²) in [5.41, 5.74) is 0.593. The first-order valence-electron chi connectivity index (χ1n) is 15.8. The minimum Gasteiger partial charge on any atom is -0.444 e. The Kier molecular flexibility index (Phi) is 8.13. The van der Waals surface area contributed by atoms with Crippen molar-refractivity contribution in [3.63, 3.8) is 0 Å². The third-order valence-electron chi connectivity index (χ3n) is 9.04. The Morgan fingerprint density at radius 2 is 1.85 bits per heavy atom. The van der Waals surface area contributed by atoms with Crippen molar-refractivity contribution in [1.29, 1.82) is 5.26 Å². The molecule has 0 spiro atoms. The SMILES string of the molecule is CC(=O)N1CCN([C@@H]2CCN(c3ncc4c5c(c(-c6ncc(F)c7sc(NC(=O)OC(C)(C)C)c(C#N)c67)c(F)c4n3)COC5)C2)CC1. The van der Waals surface area contributed by atoms with E-state index in [1.165, 1.54) is 0 Å². The van der Waals surface area contributed by atoms with Crippen molar-refractivity contribution in [3.8, 4) is 17.3 Å². The van der Waals surface area contributed by atoms with Crippen LogP contribution in [-0.2, 0) is 27.5 Å². The third-order valence-corrected chi connectivity index (χ3v) is 10.2. The number of anilines is 2. The summed E-state index contributed by atoms with van der Waals surface area (Å²) in [6.07, 6.45) is 2.70. The molecule has 1 N–H and O–H groups in total. The summed E-state index contributed by atoms with van der Waals surface area (Å²) in [4.78, 5) is 44.3. The predicted octanol–water partition coefficient (Wildman–Crippen LogP) is 5.18. The number of pyridine rings is 1. The number of carbonyl (C=O) groups excluding carboxylic acids is 2. The number of benzene rings is 1. The zero-order chi connectivity index (χ0) is 33.9. The lowest BCUT2D eigenvalue weighted by molar-refractivity contribution is -0.130. The maximum atomic E-state index is 16.9. The smallest absolute Gasteiger partial charge is 0.412 e. The van der Waals surface area contributed by atoms with E-state index in [9.17, 15) is 14.9 Å². The van der Waals surface area contributed by atoms with Crippen LogP contribution in [0.5, 0.6) is 0 Å². The molecule has 2 fully saturated rings. The van der Waals surface area contributed by atoms with Crippen LogP contribution in [0.1, 0.15) is 50.8 Å². The van der Waals surface area contributed by atoms with Crippen LogP contribution in [0.2, 0.25) is 0 Å². The summed E-state index contributed by atoms with van der Waals surface area (Å²) >= 11 is 0.855. The van der Waals surface area contributed by atoms with Gasteiger partial charge < -0.3 is 19.3 Å². The van der Waals surface area contributed by atoms with Gasteiger partial charge in [0.25, 0.3) is 0 Å². The van der Waals surface area contributed by atoms with Crippen LogP contribution < -0.4 is 10.2 Å². The van der Waals surface area contributed by atoms with E-state index in [1.807, 2.05) is 9.80 Å². The first-order chi connectivity index (χ1) is 22.9. The highest BCUT2D eigenvalue weighted by molar-refractivity contribution is 7.23. The summed E-state index contributed by atoms with van der Waals surface area (Å²) in [6.45, 7) is 11.3. The third kappa shape index (κ3) is 5.67. The number of carbonyl (C=O) groups is 2. The first-order valence-corrected chi connectivity index (χ1v) is 16.6. The van der Waals surface area contributed by atoms with Crippen LogP contribution >= 0.6 is 11.3 Å². The highest BCUT2D eigenvalue weighted by atomic mass is 32.1. The molecular weight excluding hydrogens is 642 g/mol. The topological polar surface area (TPSA) is 137 Å². The number of hydrogen-bond acceptors (Lipinski definition) is 11. The molecular formula is C33H34F2N8O4S. The highest BCUT2D eigenvalue weighted by Crippen LogP contribution is 2.46. The number of nitrogens with one attached hydrogen (secondary N) is 1. The van der Waals surface area contributed by atoms with E-state index in [2.05, 4.69) is 26.3 Å². The molecule has 0 unspecified atom stereocenters. The van der Waals surface area contributed by atoms with E-state index < -0.39 is 23.3 Å². The van der Waals surface area contributed by atoms with Gasteiger partial charge in [-0.05, 0) is 38.3 Å². The Hall–Kier alpha value is -4.52. The molecule has 2 amide bonds. The second kappa shape index (κ2) is 12.2. The molecule has 0 bridgehead atoms. The van der Waals surface area contributed by atoms with Crippen LogP contribution in [0.15, 0.2) is 12.4 Å². The van der Waals surface area contributed by atoms with Gasteiger partial charge in [0.15, 0.2) is 11.6 Å². The lowest BCUT2D eigenvalue weighted by atomic mass is 9.94. The van der Waals surface area contributed by atoms with E-state index in [0.29, 0.717) is 48.6 Å². The fourth-order valence-corrected chi connectivity index (χ4v) is 7.82. The van der Waals surface area contributed by atoms with Gasteiger partial charge >= 0.3 is 6.09 Å². The van der Waals surface area contributed by atoms with Crippen molar-refractivity contribution < 1.29 is 27.8 Å². The fraction of sp³-hybridized carbons (Fsp3) is 0.455. The van der Waals surface area contributed by atoms with Crippen LogP contribution in [0, 0.1) is 23.0 Å². The van der Waals surface area contributed by atoms with E-state index >= 15 is 8.78 Å². The minimum absolute atomic E-state index is 0.0467. The first kappa shape index (κ1) is 32.0. The number of thiophene rings is 1. The molecule has 7 rings (SSSR count). The number of amides is 2. The fourth-order valence-electron chi connectivity index (χ4n) is 6.78. The van der Waals surface area contributed by atoms with E-state index in [4.69, 9.17) is 14.5 Å². The molecule has 0 saturated carbocycles. The monoisotopic (exact) mass is 676 g/mol. The van der Waals surface area contributed by atoms with Gasteiger partial charge in [-0.15, -0.1) is 11.3 Å². The normalized spacial score (nSPS) is 18.4. The molecule has 48 heavy (non-hydrogen) atoms. The molecule has 3 aromatic heterocycles. The molecule has 6 heterocycles. The number of piperazine rings is 1. The molecule has 0 aliphatic carbocycles. The Labute approximate surface area is 279 Å². The lowest BCUT2D eigenvalue weighted by Crippen LogP contribution is -2.52. The largest absolute Gasteiger partial charge is 0.444 e. The van der Waals surface area contributed by atoms with Crippen LogP contribution in [0.25, 0.3) is 32.2 Å². The molecule has 1 atom stereocenters. The number of halogens is 2. The second-order valence-electron chi connectivity index (χ2n) is 13.2. The molecule has 0 radical (unpaired) electrons. The zero-order valence-electron chi connectivity index (χ0n) is 27.0. The molecule has 3 aliphatic heterocycles. The van der Waals surface area contributed by atoms with E-state index in [-0.39, 0.29) is 62.6 Å². The molecule has 4 aromatic rings. The van der Waals surface area contributed by atoms with Gasteiger partial charge in [0, 0.05) is 74.8 Å². The van der Waals surface area contributed by atoms with Crippen molar-refractivity contribution in [3.05, 3.63) is 40.7 Å². The van der Waals surface area contributed by atoms with Crippen LogP contribution in [-0.4, -0.2) is 87.7 Å². The number of ether oxygens (including phenoxy) is 2. The predicted molar refractivity (Wildman–Crippen MR) is 176 cm³/mol. The van der Waals surface area contributed by atoms with Crippen molar-refractivity contribution >= 4 is 55.3 Å². The second-order valence-corrected chi connectivity index (χ2v) is 14.2. The van der Waals surface area contributed by atoms with Gasteiger partial charge in [-0.3, -0.25) is 20.0 Å². The van der Waals surface area contributed by atoms with Crippen LogP contribution in [0.3, 0.4) is 0 Å². The zero-order valence-corrected chi connectivity index (χ0v) is 27.8. The van der Waals surface area contributed by atoms with E-state index in [0.717, 1.165) is 37.0 Å². The molecule has 15 heteroatoms. The number of nitrogens with zero attached hydrogens (tertiary/aromatic N) is 7. The van der Waals surface area contributed by atoms with Crippen molar-refractivity contribution in [2.24, 2.45) is 0 Å². The molecule has 12 nitrogen and oxygen atoms in total. The maximum absolute atomic E-state index is 16.9. The van der Waals surface area contributed by atoms with Crippen LogP contribution in [0.4, 0.5) is 24.5 Å². The Bertz CT molecular complexity index is 2020. The summed E-state index contributed by atoms with van der Waals surface area (Å²) in [5, 5.41) is 13.4. The summed E-state index contributed by atoms with van der Waals surface area (Å²) in [5.74, 6) is -0.906. The van der Waals surface area contributed by atoms with E-state index in [1.54, 1.807) is 33.9 Å². The summed E-state index contributed by atoms with van der Waals surface area (Å²) in [7, 11) is 0. The maximum Gasteiger partial charge on any atom is 0.412 e. The molecule has 1 aromatic carbocycles. The van der Waals surface area contributed by atoms with Gasteiger partial charge in [-0.25, -0.2) is 23.5 Å². The Morgan fingerprint density at radius 3 is 2.56 bits per heavy atom. The van der Waals surface area contributed by atoms with Crippen molar-refractivity contribution in [2.45, 2.75) is 59.0 Å². The molecule has 3 aliphatic rings. The molecule has 250 valence electrons. The summed E-state index contributed by atoms with van der Waals surface area (Å²) < 4.78 is 43.3. The van der Waals surface area contributed by atoms with Gasteiger partial charge in [0.05, 0.1) is 35.4 Å². The highest BCUT2D eigenvalue weighted by Gasteiger charge is 2.34. The van der Waals surface area contributed by atoms with Gasteiger partial charge in [0.1, 0.15) is 22.2 Å². The van der Waals surface area contributed by atoms with Gasteiger partial charge in [-0.2, -0.15) is 5.26 Å². The number of rotatable bonds is 4. The number of aromatic nitrogens is 3. The van der Waals surface area contributed by atoms with Crippen molar-refractivity contribution in [1.82, 2.24) is 24.8 Å². The Morgan fingerprint density at radius 1 is 1.10 bits per heavy atom. The average molecular weight is 677 g/mol. The van der Waals surface area contributed by atoms with Gasteiger partial charge in [-0.1, -0.05) is 0 Å².